The van der Waals surface area contributed by atoms with Crippen molar-refractivity contribution in [2.24, 2.45) is 0 Å². The van der Waals surface area contributed by atoms with Crippen LogP contribution in [-0.2, 0) is 4.79 Å². The molecule has 0 spiro atoms. The lowest BCUT2D eigenvalue weighted by molar-refractivity contribution is -0.119. The molecule has 0 saturated heterocycles. The number of carbonyl (C=O) groups is 1. The number of thiocarbonyl (C=S) groups is 1. The number of methoxy groups -OCH3 is 1. The molecular formula is C13H18N2O2S. The molecule has 0 radical (unpaired) electrons. The van der Waals surface area contributed by atoms with Crippen LogP contribution in [0, 0.1) is 0 Å². The predicted molar refractivity (Wildman–Crippen MR) is 76.9 cm³/mol. The summed E-state index contributed by atoms with van der Waals surface area (Å²) in [6.07, 6.45) is 2.35. The number of amides is 1. The summed E-state index contributed by atoms with van der Waals surface area (Å²) >= 11 is 5.06. The first-order chi connectivity index (χ1) is 8.65. The largest absolute Gasteiger partial charge is 0.497 e. The molecule has 1 amide bonds. The third-order valence-corrected chi connectivity index (χ3v) is 2.54. The highest BCUT2D eigenvalue weighted by molar-refractivity contribution is 7.80. The lowest BCUT2D eigenvalue weighted by atomic mass is 10.2. The van der Waals surface area contributed by atoms with E-state index < -0.39 is 0 Å². The molecule has 4 nitrogen and oxygen atoms in total. The summed E-state index contributed by atoms with van der Waals surface area (Å²) < 4.78 is 5.10. The quantitative estimate of drug-likeness (QED) is 0.805. The fourth-order valence-corrected chi connectivity index (χ4v) is 1.62. The predicted octanol–water partition coefficient (Wildman–Crippen LogP) is 2.70. The maximum Gasteiger partial charge on any atom is 0.226 e. The molecule has 5 heteroatoms. The Hall–Kier alpha value is -1.62. The summed E-state index contributed by atoms with van der Waals surface area (Å²) in [6.45, 7) is 2.04. The van der Waals surface area contributed by atoms with Gasteiger partial charge in [-0.15, -0.1) is 0 Å². The SMILES string of the molecule is CCCCC(=O)NC(=S)Nc1cccc(OC)c1. The number of hydrogen-bond donors (Lipinski definition) is 2. The highest BCUT2D eigenvalue weighted by Crippen LogP contribution is 2.16. The van der Waals surface area contributed by atoms with E-state index in [9.17, 15) is 4.79 Å². The van der Waals surface area contributed by atoms with Crippen molar-refractivity contribution < 1.29 is 9.53 Å². The van der Waals surface area contributed by atoms with Crippen LogP contribution < -0.4 is 15.4 Å². The molecule has 18 heavy (non-hydrogen) atoms. The first kappa shape index (κ1) is 14.4. The third kappa shape index (κ3) is 5.14. The molecule has 98 valence electrons. The number of anilines is 1. The van der Waals surface area contributed by atoms with E-state index in [1.165, 1.54) is 0 Å². The van der Waals surface area contributed by atoms with Crippen LogP contribution in [0.2, 0.25) is 0 Å². The molecule has 1 aromatic carbocycles. The Morgan fingerprint density at radius 2 is 2.22 bits per heavy atom. The van der Waals surface area contributed by atoms with Crippen molar-refractivity contribution in [3.63, 3.8) is 0 Å². The Bertz CT molecular complexity index is 421. The molecule has 0 aromatic heterocycles. The van der Waals surface area contributed by atoms with Crippen molar-refractivity contribution >= 4 is 28.9 Å². The second-order valence-electron chi connectivity index (χ2n) is 3.84. The Morgan fingerprint density at radius 1 is 1.44 bits per heavy atom. The summed E-state index contributed by atoms with van der Waals surface area (Å²) in [5.41, 5.74) is 0.787. The highest BCUT2D eigenvalue weighted by Gasteiger charge is 2.04. The molecule has 0 aliphatic carbocycles. The monoisotopic (exact) mass is 266 g/mol. The Kier molecular flexibility index (Phi) is 6.14. The van der Waals surface area contributed by atoms with E-state index >= 15 is 0 Å². The van der Waals surface area contributed by atoms with Crippen molar-refractivity contribution in [1.82, 2.24) is 5.32 Å². The Balaban J connectivity index is 2.46. The molecule has 0 aliphatic rings. The first-order valence-corrected chi connectivity index (χ1v) is 6.31. The summed E-state index contributed by atoms with van der Waals surface area (Å²) in [7, 11) is 1.60. The van der Waals surface area contributed by atoms with E-state index in [0.29, 0.717) is 11.5 Å². The van der Waals surface area contributed by atoms with E-state index in [2.05, 4.69) is 10.6 Å². The molecule has 1 rings (SSSR count). The molecule has 0 heterocycles. The standard InChI is InChI=1S/C13H18N2O2S/c1-3-4-8-12(16)15-13(18)14-10-6-5-7-11(9-10)17-2/h5-7,9H,3-4,8H2,1-2H3,(H2,14,15,16,18). The number of rotatable bonds is 5. The zero-order chi connectivity index (χ0) is 13.4. The molecule has 0 atom stereocenters. The van der Waals surface area contributed by atoms with E-state index in [0.717, 1.165) is 24.3 Å². The summed E-state index contributed by atoms with van der Waals surface area (Å²) in [5, 5.41) is 5.89. The molecule has 1 aromatic rings. The zero-order valence-corrected chi connectivity index (χ0v) is 11.5. The lowest BCUT2D eigenvalue weighted by Gasteiger charge is -2.10. The number of benzene rings is 1. The minimum atomic E-state index is -0.0581. The topological polar surface area (TPSA) is 50.4 Å². The van der Waals surface area contributed by atoms with Crippen LogP contribution in [0.5, 0.6) is 5.75 Å². The fraction of sp³-hybridized carbons (Fsp3) is 0.385. The van der Waals surface area contributed by atoms with Gasteiger partial charge in [-0.05, 0) is 30.8 Å². The van der Waals surface area contributed by atoms with Gasteiger partial charge in [0.05, 0.1) is 7.11 Å². The smallest absolute Gasteiger partial charge is 0.226 e. The van der Waals surface area contributed by atoms with Gasteiger partial charge in [0.15, 0.2) is 5.11 Å². The van der Waals surface area contributed by atoms with Crippen molar-refractivity contribution in [1.29, 1.82) is 0 Å². The highest BCUT2D eigenvalue weighted by atomic mass is 32.1. The van der Waals surface area contributed by atoms with Crippen molar-refractivity contribution in [2.45, 2.75) is 26.2 Å². The van der Waals surface area contributed by atoms with Gasteiger partial charge in [0.25, 0.3) is 0 Å². The van der Waals surface area contributed by atoms with Crippen molar-refractivity contribution in [2.75, 3.05) is 12.4 Å². The van der Waals surface area contributed by atoms with Crippen molar-refractivity contribution in [3.05, 3.63) is 24.3 Å². The van der Waals surface area contributed by atoms with Gasteiger partial charge < -0.3 is 15.4 Å². The van der Waals surface area contributed by atoms with E-state index in [-0.39, 0.29) is 5.91 Å². The summed E-state index contributed by atoms with van der Waals surface area (Å²) in [6, 6.07) is 7.36. The maximum absolute atomic E-state index is 11.5. The molecule has 0 saturated carbocycles. The van der Waals surface area contributed by atoms with E-state index in [1.54, 1.807) is 7.11 Å². The fourth-order valence-electron chi connectivity index (χ4n) is 1.39. The second-order valence-corrected chi connectivity index (χ2v) is 4.25. The maximum atomic E-state index is 11.5. The average Bonchev–Trinajstić information content (AvgIpc) is 2.36. The van der Waals surface area contributed by atoms with E-state index in [4.69, 9.17) is 17.0 Å². The molecule has 0 unspecified atom stereocenters. The van der Waals surface area contributed by atoms with Gasteiger partial charge in [0.2, 0.25) is 5.91 Å². The van der Waals surface area contributed by atoms with Gasteiger partial charge in [-0.25, -0.2) is 0 Å². The van der Waals surface area contributed by atoms with Crippen LogP contribution in [0.1, 0.15) is 26.2 Å². The minimum Gasteiger partial charge on any atom is -0.497 e. The van der Waals surface area contributed by atoms with Crippen LogP contribution in [0.25, 0.3) is 0 Å². The number of hydrogen-bond acceptors (Lipinski definition) is 3. The van der Waals surface area contributed by atoms with Crippen LogP contribution in [-0.4, -0.2) is 18.1 Å². The van der Waals surface area contributed by atoms with Gasteiger partial charge >= 0.3 is 0 Å². The molecule has 0 fully saturated rings. The Morgan fingerprint density at radius 3 is 2.89 bits per heavy atom. The lowest BCUT2D eigenvalue weighted by Crippen LogP contribution is -2.33. The van der Waals surface area contributed by atoms with Crippen LogP contribution >= 0.6 is 12.2 Å². The van der Waals surface area contributed by atoms with Crippen molar-refractivity contribution in [3.8, 4) is 5.75 Å². The molecular weight excluding hydrogens is 248 g/mol. The number of nitrogens with one attached hydrogen (secondary N) is 2. The van der Waals surface area contributed by atoms with E-state index in [1.807, 2.05) is 31.2 Å². The zero-order valence-electron chi connectivity index (χ0n) is 10.7. The summed E-state index contributed by atoms with van der Waals surface area (Å²) in [5.74, 6) is 0.678. The molecule has 0 aliphatic heterocycles. The van der Waals surface area contributed by atoms with Gasteiger partial charge in [-0.1, -0.05) is 19.4 Å². The minimum absolute atomic E-state index is 0.0581. The average molecular weight is 266 g/mol. The van der Waals surface area contributed by atoms with Gasteiger partial charge in [0.1, 0.15) is 5.75 Å². The van der Waals surface area contributed by atoms with Gasteiger partial charge in [-0.3, -0.25) is 4.79 Å². The Labute approximate surface area is 113 Å². The normalized spacial score (nSPS) is 9.67. The second kappa shape index (κ2) is 7.66. The molecule has 2 N–H and O–H groups in total. The van der Waals surface area contributed by atoms with Gasteiger partial charge in [0, 0.05) is 18.2 Å². The summed E-state index contributed by atoms with van der Waals surface area (Å²) in [4.78, 5) is 11.5. The third-order valence-electron chi connectivity index (χ3n) is 2.34. The number of ether oxygens (including phenoxy) is 1. The molecule has 0 bridgehead atoms. The first-order valence-electron chi connectivity index (χ1n) is 5.90. The van der Waals surface area contributed by atoms with Crippen LogP contribution in [0.3, 0.4) is 0 Å². The van der Waals surface area contributed by atoms with Crippen LogP contribution in [0.4, 0.5) is 5.69 Å². The van der Waals surface area contributed by atoms with Crippen LogP contribution in [0.15, 0.2) is 24.3 Å². The van der Waals surface area contributed by atoms with Gasteiger partial charge in [-0.2, -0.15) is 0 Å². The number of carbonyl (C=O) groups excluding carboxylic acids is 1. The number of unbranched alkanes of at least 4 members (excludes halogenated alkanes) is 1.